The molecule has 1 N–H and O–H groups in total. The van der Waals surface area contributed by atoms with Crippen LogP contribution in [-0.2, 0) is 14.3 Å². The van der Waals surface area contributed by atoms with Crippen molar-refractivity contribution in [2.45, 2.75) is 38.8 Å². The highest BCUT2D eigenvalue weighted by Crippen LogP contribution is 2.19. The first-order valence-corrected chi connectivity index (χ1v) is 8.64. The average Bonchev–Trinajstić information content (AvgIpc) is 2.95. The first-order valence-electron chi connectivity index (χ1n) is 8.64. The van der Waals surface area contributed by atoms with E-state index in [1.807, 2.05) is 18.2 Å². The highest BCUT2D eigenvalue weighted by Gasteiger charge is 2.28. The number of hydrogen-bond donors (Lipinski definition) is 1. The third-order valence-corrected chi connectivity index (χ3v) is 3.98. The van der Waals surface area contributed by atoms with E-state index >= 15 is 0 Å². The van der Waals surface area contributed by atoms with Gasteiger partial charge in [-0.05, 0) is 46.3 Å². The number of nitrogens with zero attached hydrogens (tertiary/aromatic N) is 1. The zero-order chi connectivity index (χ0) is 18.4. The molecule has 0 spiro atoms. The molecule has 1 aromatic rings. The number of nitrogens with one attached hydrogen (secondary N) is 1. The molecule has 0 aliphatic carbocycles. The number of ether oxygens (including phenoxy) is 2. The van der Waals surface area contributed by atoms with Crippen LogP contribution in [-0.4, -0.2) is 49.3 Å². The normalized spacial score (nSPS) is 19.3. The number of amides is 1. The van der Waals surface area contributed by atoms with Crippen molar-refractivity contribution in [3.05, 3.63) is 35.9 Å². The summed E-state index contributed by atoms with van der Waals surface area (Å²) >= 11 is 0. The second-order valence-corrected chi connectivity index (χ2v) is 7.54. The molecule has 6 nitrogen and oxygen atoms in total. The molecule has 1 fully saturated rings. The first-order chi connectivity index (χ1) is 11.7. The standard InChI is InChI=1S/C19H28N2O4/c1-19(2,3)25-18(23)20-16(15-8-6-5-7-9-15)17(22)24-13-14-10-11-21(4)12-14/h5-9,14,16H,10-13H2,1-4H3,(H,20,23)/t14-,16?/m1/s1. The maximum Gasteiger partial charge on any atom is 0.408 e. The fraction of sp³-hybridized carbons (Fsp3) is 0.579. The zero-order valence-corrected chi connectivity index (χ0v) is 15.5. The van der Waals surface area contributed by atoms with E-state index in [4.69, 9.17) is 9.47 Å². The molecular weight excluding hydrogens is 320 g/mol. The van der Waals surface area contributed by atoms with Crippen LogP contribution in [0.3, 0.4) is 0 Å². The Balaban J connectivity index is 2.01. The lowest BCUT2D eigenvalue weighted by molar-refractivity contribution is -0.147. The van der Waals surface area contributed by atoms with Gasteiger partial charge in [-0.2, -0.15) is 0 Å². The highest BCUT2D eigenvalue weighted by atomic mass is 16.6. The van der Waals surface area contributed by atoms with Crippen LogP contribution in [0.25, 0.3) is 0 Å². The Morgan fingerprint density at radius 3 is 2.52 bits per heavy atom. The molecule has 1 unspecified atom stereocenters. The number of alkyl carbamates (subject to hydrolysis) is 1. The summed E-state index contributed by atoms with van der Waals surface area (Å²) in [5.41, 5.74) is 0.0332. The number of benzene rings is 1. The molecule has 1 aliphatic rings. The van der Waals surface area contributed by atoms with Gasteiger partial charge in [0, 0.05) is 12.5 Å². The van der Waals surface area contributed by atoms with Crippen LogP contribution in [0.4, 0.5) is 4.79 Å². The molecule has 0 saturated carbocycles. The minimum Gasteiger partial charge on any atom is -0.464 e. The third-order valence-electron chi connectivity index (χ3n) is 3.98. The second-order valence-electron chi connectivity index (χ2n) is 7.54. The van der Waals surface area contributed by atoms with Gasteiger partial charge in [0.25, 0.3) is 0 Å². The molecule has 1 heterocycles. The summed E-state index contributed by atoms with van der Waals surface area (Å²) in [7, 11) is 2.05. The van der Waals surface area contributed by atoms with Crippen LogP contribution in [0, 0.1) is 5.92 Å². The summed E-state index contributed by atoms with van der Waals surface area (Å²) in [5, 5.41) is 2.63. The number of esters is 1. The largest absolute Gasteiger partial charge is 0.464 e. The van der Waals surface area contributed by atoms with Crippen LogP contribution >= 0.6 is 0 Å². The van der Waals surface area contributed by atoms with Gasteiger partial charge in [-0.1, -0.05) is 30.3 Å². The highest BCUT2D eigenvalue weighted by molar-refractivity contribution is 5.82. The van der Waals surface area contributed by atoms with Gasteiger partial charge >= 0.3 is 12.1 Å². The average molecular weight is 348 g/mol. The lowest BCUT2D eigenvalue weighted by Crippen LogP contribution is -2.39. The molecule has 2 atom stereocenters. The van der Waals surface area contributed by atoms with E-state index in [-0.39, 0.29) is 0 Å². The molecule has 1 aromatic carbocycles. The Morgan fingerprint density at radius 1 is 1.28 bits per heavy atom. The first kappa shape index (κ1) is 19.2. The van der Waals surface area contributed by atoms with E-state index in [0.29, 0.717) is 18.1 Å². The molecular formula is C19H28N2O4. The van der Waals surface area contributed by atoms with Gasteiger partial charge in [-0.15, -0.1) is 0 Å². The molecule has 0 radical (unpaired) electrons. The summed E-state index contributed by atoms with van der Waals surface area (Å²) < 4.78 is 10.8. The number of hydrogen-bond acceptors (Lipinski definition) is 5. The Kier molecular flexibility index (Phi) is 6.42. The van der Waals surface area contributed by atoms with Crippen LogP contribution in [0.2, 0.25) is 0 Å². The third kappa shape index (κ3) is 6.38. The Morgan fingerprint density at radius 2 is 1.96 bits per heavy atom. The molecule has 2 rings (SSSR count). The number of carbonyl (C=O) groups is 2. The summed E-state index contributed by atoms with van der Waals surface area (Å²) in [6.45, 7) is 7.63. The van der Waals surface area contributed by atoms with Crippen molar-refractivity contribution in [1.29, 1.82) is 0 Å². The lowest BCUT2D eigenvalue weighted by atomic mass is 10.1. The number of rotatable bonds is 5. The van der Waals surface area contributed by atoms with Gasteiger partial charge in [-0.3, -0.25) is 0 Å². The van der Waals surface area contributed by atoms with Gasteiger partial charge in [-0.25, -0.2) is 9.59 Å². The molecule has 138 valence electrons. The molecule has 1 saturated heterocycles. The van der Waals surface area contributed by atoms with E-state index in [1.54, 1.807) is 32.9 Å². The van der Waals surface area contributed by atoms with E-state index in [1.165, 1.54) is 0 Å². The van der Waals surface area contributed by atoms with Crippen LogP contribution in [0.5, 0.6) is 0 Å². The maximum absolute atomic E-state index is 12.6. The molecule has 1 aliphatic heterocycles. The second kappa shape index (κ2) is 8.34. The minimum atomic E-state index is -0.879. The molecule has 0 aromatic heterocycles. The van der Waals surface area contributed by atoms with Gasteiger partial charge in [0.05, 0.1) is 6.61 Å². The minimum absolute atomic E-state index is 0.340. The van der Waals surface area contributed by atoms with Crippen molar-refractivity contribution in [3.63, 3.8) is 0 Å². The van der Waals surface area contributed by atoms with Crippen molar-refractivity contribution in [3.8, 4) is 0 Å². The van der Waals surface area contributed by atoms with Gasteiger partial charge in [0.15, 0.2) is 6.04 Å². The van der Waals surface area contributed by atoms with E-state index < -0.39 is 23.7 Å². The fourth-order valence-electron chi connectivity index (χ4n) is 2.79. The zero-order valence-electron chi connectivity index (χ0n) is 15.5. The molecule has 0 bridgehead atoms. The summed E-state index contributed by atoms with van der Waals surface area (Å²) in [6, 6.07) is 8.18. The molecule has 25 heavy (non-hydrogen) atoms. The van der Waals surface area contributed by atoms with Crippen molar-refractivity contribution < 1.29 is 19.1 Å². The van der Waals surface area contributed by atoms with E-state index in [0.717, 1.165) is 19.5 Å². The lowest BCUT2D eigenvalue weighted by Gasteiger charge is -2.23. The van der Waals surface area contributed by atoms with Gasteiger partial charge in [0.1, 0.15) is 5.60 Å². The summed E-state index contributed by atoms with van der Waals surface area (Å²) in [4.78, 5) is 26.9. The van der Waals surface area contributed by atoms with Crippen LogP contribution in [0.15, 0.2) is 30.3 Å². The molecule has 6 heteroatoms. The summed E-state index contributed by atoms with van der Waals surface area (Å²) in [5.74, 6) is -0.126. The van der Waals surface area contributed by atoms with E-state index in [2.05, 4.69) is 17.3 Å². The van der Waals surface area contributed by atoms with Crippen molar-refractivity contribution in [1.82, 2.24) is 10.2 Å². The molecule has 1 amide bonds. The van der Waals surface area contributed by atoms with Crippen molar-refractivity contribution in [2.75, 3.05) is 26.7 Å². The van der Waals surface area contributed by atoms with Crippen LogP contribution < -0.4 is 5.32 Å². The predicted octanol–water partition coefficient (Wildman–Crippen LogP) is 2.75. The van der Waals surface area contributed by atoms with Gasteiger partial charge in [0.2, 0.25) is 0 Å². The Hall–Kier alpha value is -2.08. The van der Waals surface area contributed by atoms with E-state index in [9.17, 15) is 9.59 Å². The summed E-state index contributed by atoms with van der Waals surface area (Å²) in [6.07, 6.45) is 0.373. The van der Waals surface area contributed by atoms with Crippen LogP contribution in [0.1, 0.15) is 38.8 Å². The Bertz CT molecular complexity index is 583. The fourth-order valence-corrected chi connectivity index (χ4v) is 2.79. The van der Waals surface area contributed by atoms with Crippen molar-refractivity contribution in [2.24, 2.45) is 5.92 Å². The predicted molar refractivity (Wildman–Crippen MR) is 95.1 cm³/mol. The number of likely N-dealkylation sites (tertiary alicyclic amines) is 1. The van der Waals surface area contributed by atoms with Crippen molar-refractivity contribution >= 4 is 12.1 Å². The topological polar surface area (TPSA) is 67.9 Å². The number of carbonyl (C=O) groups excluding carboxylic acids is 2. The maximum atomic E-state index is 12.6. The SMILES string of the molecule is CN1CC[C@@H](COC(=O)C(NC(=O)OC(C)(C)C)c2ccccc2)C1. The smallest absolute Gasteiger partial charge is 0.408 e. The monoisotopic (exact) mass is 348 g/mol. The quantitative estimate of drug-likeness (QED) is 0.829. The Labute approximate surface area is 149 Å². The van der Waals surface area contributed by atoms with Gasteiger partial charge < -0.3 is 19.7 Å².